The summed E-state index contributed by atoms with van der Waals surface area (Å²) >= 11 is 3.29. The first kappa shape index (κ1) is 71.7. The van der Waals surface area contributed by atoms with E-state index in [9.17, 15) is 0 Å². The van der Waals surface area contributed by atoms with Crippen LogP contribution in [0.15, 0.2) is 218 Å². The van der Waals surface area contributed by atoms with E-state index >= 15 is 0 Å². The number of benzene rings is 8. The van der Waals surface area contributed by atoms with Crippen LogP contribution in [0.1, 0.15) is 146 Å². The van der Waals surface area contributed by atoms with Crippen molar-refractivity contribution in [2.75, 3.05) is 0 Å². The Hall–Kier alpha value is -5.02. The van der Waals surface area contributed by atoms with E-state index in [-0.39, 0.29) is 24.8 Å². The molecule has 0 atom stereocenters. The van der Waals surface area contributed by atoms with Crippen molar-refractivity contribution < 1.29 is 71.5 Å². The van der Waals surface area contributed by atoms with Gasteiger partial charge in [-0.25, -0.2) is 0 Å². The Kier molecular flexibility index (Phi) is 28.4. The maximum atomic E-state index is 2.30. The summed E-state index contributed by atoms with van der Waals surface area (Å²) in [6.07, 6.45) is 0. The molecule has 0 nitrogen and oxygen atoms in total. The molecule has 0 bridgehead atoms. The monoisotopic (exact) mass is 1350 g/mol. The number of fused-ring (bicyclic) bond motifs is 4. The Balaban J connectivity index is 0.000000187. The molecule has 0 spiro atoms. The molecule has 0 fully saturated rings. The van der Waals surface area contributed by atoms with Crippen LogP contribution in [0.3, 0.4) is 0 Å². The maximum absolute atomic E-state index is 2.30. The quantitative estimate of drug-likeness (QED) is 0.105. The van der Waals surface area contributed by atoms with E-state index in [2.05, 4.69) is 329 Å². The Bertz CT molecular complexity index is 3550. The zero-order valence-electron chi connectivity index (χ0n) is 53.8. The molecule has 12 rings (SSSR count). The van der Waals surface area contributed by atoms with E-state index in [0.29, 0.717) is 23.7 Å². The van der Waals surface area contributed by atoms with Gasteiger partial charge in [0.25, 0.3) is 0 Å². The third-order valence-corrected chi connectivity index (χ3v) is 28.0. The molecule has 0 aromatic heterocycles. The van der Waals surface area contributed by atoms with Gasteiger partial charge in [0, 0.05) is 0 Å². The zero-order chi connectivity index (χ0) is 60.8. The fourth-order valence-corrected chi connectivity index (χ4v) is 18.9. The van der Waals surface area contributed by atoms with Crippen molar-refractivity contribution in [3.63, 3.8) is 0 Å². The van der Waals surface area contributed by atoms with Gasteiger partial charge in [0.2, 0.25) is 0 Å². The molecule has 6 heteroatoms. The van der Waals surface area contributed by atoms with Crippen molar-refractivity contribution >= 4 is 74.7 Å². The molecule has 0 aliphatic heterocycles. The van der Waals surface area contributed by atoms with Gasteiger partial charge in [0.15, 0.2) is 0 Å². The summed E-state index contributed by atoms with van der Waals surface area (Å²) in [6, 6.07) is 79.7. The third kappa shape index (κ3) is 19.0. The van der Waals surface area contributed by atoms with Crippen LogP contribution in [0.5, 0.6) is 0 Å². The molecular formula is C80H88Cl2Si2Zr2-2. The molecule has 0 aliphatic rings. The molecule has 0 saturated heterocycles. The van der Waals surface area contributed by atoms with Gasteiger partial charge in [-0.3, -0.25) is 0 Å². The van der Waals surface area contributed by atoms with Crippen molar-refractivity contribution in [1.29, 1.82) is 0 Å². The predicted octanol–water partition coefficient (Wildman–Crippen LogP) is 13.9. The van der Waals surface area contributed by atoms with Gasteiger partial charge in [-0.05, 0) is 23.7 Å². The van der Waals surface area contributed by atoms with Crippen molar-refractivity contribution in [1.82, 2.24) is 0 Å². The minimum atomic E-state index is -0.455. The van der Waals surface area contributed by atoms with Gasteiger partial charge in [-0.1, -0.05) is 157 Å². The molecule has 0 amide bonds. The van der Waals surface area contributed by atoms with Crippen molar-refractivity contribution in [2.45, 2.75) is 134 Å². The normalized spacial score (nSPS) is 10.7. The van der Waals surface area contributed by atoms with Crippen LogP contribution in [0.2, 0.25) is 0 Å². The molecule has 0 N–H and O–H groups in total. The molecule has 0 unspecified atom stereocenters. The van der Waals surface area contributed by atoms with Crippen molar-refractivity contribution in [2.24, 2.45) is 0 Å². The van der Waals surface area contributed by atoms with Crippen LogP contribution in [0, 0.1) is 55.4 Å². The summed E-state index contributed by atoms with van der Waals surface area (Å²) in [5, 5.41) is 17.5. The number of rotatable bonds is 8. The summed E-state index contributed by atoms with van der Waals surface area (Å²) in [5.41, 5.74) is 16.0. The van der Waals surface area contributed by atoms with Crippen LogP contribution in [-0.2, 0) is 46.7 Å². The summed E-state index contributed by atoms with van der Waals surface area (Å²) in [6.45, 7) is 35.5. The van der Waals surface area contributed by atoms with Crippen LogP contribution < -0.4 is 45.6 Å². The van der Waals surface area contributed by atoms with Gasteiger partial charge >= 0.3 is 200 Å². The molecule has 0 heterocycles. The van der Waals surface area contributed by atoms with Crippen LogP contribution in [0.4, 0.5) is 0 Å². The second-order valence-corrected chi connectivity index (χ2v) is 35.3. The molecule has 12 aromatic rings. The van der Waals surface area contributed by atoms with Gasteiger partial charge in [-0.2, -0.15) is 24.3 Å². The van der Waals surface area contributed by atoms with Crippen LogP contribution >= 0.6 is 0 Å². The first-order valence-electron chi connectivity index (χ1n) is 30.2. The average molecular weight is 1360 g/mol. The van der Waals surface area contributed by atoms with Gasteiger partial charge in [-0.15, -0.1) is 136 Å². The van der Waals surface area contributed by atoms with Gasteiger partial charge in [0.1, 0.15) is 0 Å². The van der Waals surface area contributed by atoms with E-state index in [0.717, 1.165) is 0 Å². The first-order chi connectivity index (χ1) is 40.1. The van der Waals surface area contributed by atoms with E-state index in [1.807, 2.05) is 0 Å². The van der Waals surface area contributed by atoms with Crippen molar-refractivity contribution in [3.8, 4) is 0 Å². The van der Waals surface area contributed by atoms with E-state index < -0.39 is 10.9 Å². The standard InChI is InChI=1S/4C14H17.2C12H10Si.2ClH.2Zr/c4*1-9(2)12-6-5-11(4)13-7-10(3)8-14(12)13;2*1-3-7-11(8-4-1)13-12-9-5-2-6-10-12;;;;/h4*5-9H,1-4H3;2*1-10H;2*1H;;/q4*-1;;;;;2*+2/p-2. The number of hydrogen-bond acceptors (Lipinski definition) is 0. The first-order valence-corrected chi connectivity index (χ1v) is 40.6. The van der Waals surface area contributed by atoms with E-state index in [1.54, 1.807) is 46.7 Å². The Labute approximate surface area is 560 Å². The Morgan fingerprint density at radius 3 is 0.605 bits per heavy atom. The van der Waals surface area contributed by atoms with Crippen LogP contribution in [0.25, 0.3) is 43.1 Å². The topological polar surface area (TPSA) is 0 Å². The van der Waals surface area contributed by atoms with E-state index in [1.165, 1.54) is 131 Å². The summed E-state index contributed by atoms with van der Waals surface area (Å²) in [7, 11) is 0. The number of aryl methyl sites for hydroxylation is 8. The Morgan fingerprint density at radius 1 is 0.267 bits per heavy atom. The molecule has 0 aliphatic carbocycles. The number of halogens is 2. The van der Waals surface area contributed by atoms with Gasteiger partial charge in [0.05, 0.1) is 0 Å². The predicted molar refractivity (Wildman–Crippen MR) is 368 cm³/mol. The third-order valence-electron chi connectivity index (χ3n) is 15.9. The SMILES string of the molecule is Cc1cc2c(C(C)C)ccc(C)c2[cH-]1.Cc1cc2c(C(C)C)ccc(C)c2[cH-]1.Cc1cc2c(C(C)C)ccc(C)c2[cH-]1.Cc1cc2c(C(C)C)ccc(C)c2[cH-]1.[Cl-].[Cl-].[Zr+2]=[Si](c1ccccc1)c1ccccc1.[Zr+2]=[Si](c1ccccc1)c1ccccc1. The molecule has 86 heavy (non-hydrogen) atoms. The number of hydrogen-bond donors (Lipinski definition) is 0. The molecule has 12 aromatic carbocycles. The van der Waals surface area contributed by atoms with E-state index in [4.69, 9.17) is 0 Å². The summed E-state index contributed by atoms with van der Waals surface area (Å²) in [5.74, 6) is 2.44. The fourth-order valence-electron chi connectivity index (χ4n) is 11.2. The van der Waals surface area contributed by atoms with Crippen LogP contribution in [-0.4, -0.2) is 10.9 Å². The summed E-state index contributed by atoms with van der Waals surface area (Å²) < 4.78 is 0. The van der Waals surface area contributed by atoms with Gasteiger partial charge < -0.3 is 24.8 Å². The molecule has 0 saturated carbocycles. The summed E-state index contributed by atoms with van der Waals surface area (Å²) in [4.78, 5) is 0. The van der Waals surface area contributed by atoms with Crippen molar-refractivity contribution in [3.05, 3.63) is 285 Å². The second kappa shape index (κ2) is 34.1. The zero-order valence-corrected chi connectivity index (χ0v) is 62.3. The minimum absolute atomic E-state index is 0. The fraction of sp³-hybridized carbons (Fsp3) is 0.250. The molecule has 0 radical (unpaired) electrons. The molecule has 440 valence electrons. The Morgan fingerprint density at radius 2 is 0.442 bits per heavy atom. The molecular weight excluding hydrogens is 1270 g/mol. The second-order valence-electron chi connectivity index (χ2n) is 24.2. The average Bonchev–Trinajstić information content (AvgIpc) is 2.81.